The third-order valence-corrected chi connectivity index (χ3v) is 2.40. The lowest BCUT2D eigenvalue weighted by Crippen LogP contribution is -2.06. The molecule has 0 saturated heterocycles. The average Bonchev–Trinajstić information content (AvgIpc) is 2.15. The van der Waals surface area contributed by atoms with Gasteiger partial charge in [-0.05, 0) is 11.6 Å². The van der Waals surface area contributed by atoms with Crippen molar-refractivity contribution in [1.29, 1.82) is 0 Å². The van der Waals surface area contributed by atoms with Crippen LogP contribution in [0.15, 0.2) is 35.7 Å². The maximum absolute atomic E-state index is 11.1. The molecule has 0 aliphatic carbocycles. The predicted octanol–water partition coefficient (Wildman–Crippen LogP) is 1.55. The van der Waals surface area contributed by atoms with Crippen molar-refractivity contribution in [2.45, 2.75) is 6.92 Å². The van der Waals surface area contributed by atoms with E-state index in [0.29, 0.717) is 5.56 Å². The summed E-state index contributed by atoms with van der Waals surface area (Å²) < 4.78 is 26.3. The highest BCUT2D eigenvalue weighted by molar-refractivity contribution is 7.90. The lowest BCUT2D eigenvalue weighted by molar-refractivity contribution is -0.131. The van der Waals surface area contributed by atoms with Crippen LogP contribution in [-0.2, 0) is 19.1 Å². The van der Waals surface area contributed by atoms with Gasteiger partial charge in [-0.1, -0.05) is 30.3 Å². The summed E-state index contributed by atoms with van der Waals surface area (Å²) in [7, 11) is -3.91. The average molecular weight is 226 g/mol. The van der Waals surface area contributed by atoms with Gasteiger partial charge in [0, 0.05) is 6.92 Å². The van der Waals surface area contributed by atoms with Crippen LogP contribution in [0.5, 0.6) is 0 Å². The molecule has 0 aliphatic heterocycles. The maximum atomic E-state index is 11.1. The molecule has 0 amide bonds. The Morgan fingerprint density at radius 1 is 1.27 bits per heavy atom. The monoisotopic (exact) mass is 226 g/mol. The van der Waals surface area contributed by atoms with E-state index >= 15 is 0 Å². The van der Waals surface area contributed by atoms with Crippen molar-refractivity contribution >= 4 is 22.2 Å². The molecular weight excluding hydrogens is 216 g/mol. The van der Waals surface area contributed by atoms with E-state index in [9.17, 15) is 13.2 Å². The molecule has 0 radical (unpaired) electrons. The van der Waals surface area contributed by atoms with Gasteiger partial charge in [-0.15, -0.1) is 0 Å². The Hall–Kier alpha value is -1.62. The molecule has 5 heteroatoms. The number of carbonyl (C=O) groups excluding carboxylic acids is 1. The van der Waals surface area contributed by atoms with Crippen LogP contribution in [-0.4, -0.2) is 14.4 Å². The lowest BCUT2D eigenvalue weighted by Gasteiger charge is -1.96. The Kier molecular flexibility index (Phi) is 3.62. The molecule has 0 aliphatic rings. The van der Waals surface area contributed by atoms with Gasteiger partial charge in [0.1, 0.15) is 0 Å². The Labute approximate surface area is 88.3 Å². The summed E-state index contributed by atoms with van der Waals surface area (Å²) in [4.78, 5) is 10.4. The third-order valence-electron chi connectivity index (χ3n) is 1.46. The SMILES string of the molecule is CC(=O)OS(=O)(=O)C=Cc1ccccc1. The second kappa shape index (κ2) is 4.75. The van der Waals surface area contributed by atoms with Gasteiger partial charge in [-0.3, -0.25) is 4.79 Å². The molecule has 1 aromatic rings. The summed E-state index contributed by atoms with van der Waals surface area (Å²) in [5.41, 5.74) is 0.716. The highest BCUT2D eigenvalue weighted by Crippen LogP contribution is 2.04. The molecule has 0 bridgehead atoms. The van der Waals surface area contributed by atoms with Gasteiger partial charge in [0.25, 0.3) is 0 Å². The van der Waals surface area contributed by atoms with E-state index in [2.05, 4.69) is 4.18 Å². The van der Waals surface area contributed by atoms with Gasteiger partial charge >= 0.3 is 16.1 Å². The maximum Gasteiger partial charge on any atom is 0.334 e. The first-order valence-corrected chi connectivity index (χ1v) is 5.65. The largest absolute Gasteiger partial charge is 0.343 e. The van der Waals surface area contributed by atoms with Crippen LogP contribution in [0.3, 0.4) is 0 Å². The van der Waals surface area contributed by atoms with E-state index in [1.165, 1.54) is 6.08 Å². The topological polar surface area (TPSA) is 60.4 Å². The molecule has 0 unspecified atom stereocenters. The molecule has 0 saturated carbocycles. The minimum absolute atomic E-state index is 0.716. The number of benzene rings is 1. The fraction of sp³-hybridized carbons (Fsp3) is 0.100. The Morgan fingerprint density at radius 2 is 1.87 bits per heavy atom. The number of hydrogen-bond acceptors (Lipinski definition) is 4. The van der Waals surface area contributed by atoms with Crippen LogP contribution in [0.1, 0.15) is 12.5 Å². The minimum Gasteiger partial charge on any atom is -0.343 e. The highest BCUT2D eigenvalue weighted by Gasteiger charge is 2.08. The zero-order valence-electron chi connectivity index (χ0n) is 8.08. The van der Waals surface area contributed by atoms with Crippen LogP contribution in [0.4, 0.5) is 0 Å². The summed E-state index contributed by atoms with van der Waals surface area (Å²) in [6.45, 7) is 1.04. The molecule has 0 heterocycles. The number of rotatable bonds is 3. The molecule has 0 fully saturated rings. The summed E-state index contributed by atoms with van der Waals surface area (Å²) >= 11 is 0. The molecule has 4 nitrogen and oxygen atoms in total. The molecule has 0 aromatic heterocycles. The van der Waals surface area contributed by atoms with Gasteiger partial charge in [-0.25, -0.2) is 0 Å². The van der Waals surface area contributed by atoms with Crippen molar-refractivity contribution in [3.63, 3.8) is 0 Å². The van der Waals surface area contributed by atoms with E-state index in [-0.39, 0.29) is 0 Å². The molecule has 15 heavy (non-hydrogen) atoms. The van der Waals surface area contributed by atoms with Crippen LogP contribution in [0, 0.1) is 0 Å². The second-order valence-electron chi connectivity index (χ2n) is 2.78. The van der Waals surface area contributed by atoms with E-state index in [0.717, 1.165) is 12.3 Å². The smallest absolute Gasteiger partial charge is 0.334 e. The Morgan fingerprint density at radius 3 is 2.40 bits per heavy atom. The van der Waals surface area contributed by atoms with Gasteiger partial charge in [0.05, 0.1) is 5.41 Å². The number of carbonyl (C=O) groups is 1. The summed E-state index contributed by atoms with van der Waals surface area (Å²) in [5, 5.41) is 0.851. The first kappa shape index (κ1) is 11.5. The lowest BCUT2D eigenvalue weighted by atomic mass is 10.2. The molecule has 0 N–H and O–H groups in total. The highest BCUT2D eigenvalue weighted by atomic mass is 32.2. The summed E-state index contributed by atoms with van der Waals surface area (Å²) in [6, 6.07) is 8.84. The van der Waals surface area contributed by atoms with Gasteiger partial charge < -0.3 is 4.18 Å². The van der Waals surface area contributed by atoms with E-state index in [4.69, 9.17) is 0 Å². The molecule has 80 valence electrons. The van der Waals surface area contributed by atoms with Crippen LogP contribution >= 0.6 is 0 Å². The summed E-state index contributed by atoms with van der Waals surface area (Å²) in [5.74, 6) is -0.854. The quantitative estimate of drug-likeness (QED) is 0.734. The van der Waals surface area contributed by atoms with Crippen LogP contribution in [0.25, 0.3) is 6.08 Å². The van der Waals surface area contributed by atoms with Crippen molar-refractivity contribution in [1.82, 2.24) is 0 Å². The van der Waals surface area contributed by atoms with E-state index < -0.39 is 16.1 Å². The molecule has 0 spiro atoms. The first-order valence-electron chi connectivity index (χ1n) is 4.18. The fourth-order valence-electron chi connectivity index (χ4n) is 0.917. The fourth-order valence-corrected chi connectivity index (χ4v) is 1.62. The normalized spacial score (nSPS) is 11.5. The first-order chi connectivity index (χ1) is 6.99. The standard InChI is InChI=1S/C10H10O4S/c1-9(11)14-15(12,13)8-7-10-5-3-2-4-6-10/h2-8H,1H3. The predicted molar refractivity (Wildman–Crippen MR) is 56.2 cm³/mol. The van der Waals surface area contributed by atoms with Crippen molar-refractivity contribution in [2.75, 3.05) is 0 Å². The number of hydrogen-bond donors (Lipinski definition) is 0. The molecular formula is C10H10O4S. The van der Waals surface area contributed by atoms with Gasteiger partial charge in [0.2, 0.25) is 0 Å². The second-order valence-corrected chi connectivity index (χ2v) is 4.21. The van der Waals surface area contributed by atoms with Gasteiger partial charge in [-0.2, -0.15) is 8.42 Å². The zero-order valence-corrected chi connectivity index (χ0v) is 8.90. The Balaban J connectivity index is 2.78. The van der Waals surface area contributed by atoms with Crippen molar-refractivity contribution in [3.05, 3.63) is 41.3 Å². The summed E-state index contributed by atoms with van der Waals surface area (Å²) in [6.07, 6.45) is 1.36. The molecule has 1 rings (SSSR count). The van der Waals surface area contributed by atoms with Crippen LogP contribution < -0.4 is 0 Å². The zero-order chi connectivity index (χ0) is 11.3. The molecule has 0 atom stereocenters. The van der Waals surface area contributed by atoms with Crippen molar-refractivity contribution in [3.8, 4) is 0 Å². The minimum atomic E-state index is -3.91. The Bertz CT molecular complexity index is 459. The third kappa shape index (κ3) is 4.42. The van der Waals surface area contributed by atoms with E-state index in [1.807, 2.05) is 6.07 Å². The van der Waals surface area contributed by atoms with Crippen molar-refractivity contribution in [2.24, 2.45) is 0 Å². The van der Waals surface area contributed by atoms with Crippen molar-refractivity contribution < 1.29 is 17.4 Å². The molecule has 1 aromatic carbocycles. The van der Waals surface area contributed by atoms with E-state index in [1.54, 1.807) is 24.3 Å². The van der Waals surface area contributed by atoms with Crippen LogP contribution in [0.2, 0.25) is 0 Å². The van der Waals surface area contributed by atoms with Gasteiger partial charge in [0.15, 0.2) is 0 Å².